The molecule has 1 saturated heterocycles. The molecule has 202 valence electrons. The number of hydrogen-bond acceptors (Lipinski definition) is 5. The number of carbonyl (C=O) groups excluding carboxylic acids is 1. The van der Waals surface area contributed by atoms with Crippen LogP contribution in [0.25, 0.3) is 0 Å². The summed E-state index contributed by atoms with van der Waals surface area (Å²) in [6, 6.07) is 15.1. The maximum Gasteiger partial charge on any atom is 0.230 e. The number of ether oxygens (including phenoxy) is 2. The molecule has 1 saturated carbocycles. The number of aliphatic hydroxyl groups excluding tert-OH is 1. The Morgan fingerprint density at radius 3 is 2.59 bits per heavy atom. The Labute approximate surface area is 230 Å². The molecule has 1 aliphatic carbocycles. The van der Waals surface area contributed by atoms with Gasteiger partial charge in [0.05, 0.1) is 29.2 Å². The molecule has 0 spiro atoms. The molecule has 37 heavy (non-hydrogen) atoms. The molecule has 2 aromatic rings. The van der Waals surface area contributed by atoms with Crippen LogP contribution in [-0.4, -0.2) is 54.3 Å². The van der Waals surface area contributed by atoms with Crippen LogP contribution in [0.2, 0.25) is 5.02 Å². The highest BCUT2D eigenvalue weighted by molar-refractivity contribution is 7.98. The van der Waals surface area contributed by atoms with Gasteiger partial charge in [-0.2, -0.15) is 0 Å². The molecule has 1 amide bonds. The first-order valence-electron chi connectivity index (χ1n) is 13.5. The van der Waals surface area contributed by atoms with Gasteiger partial charge in [-0.15, -0.1) is 11.8 Å². The van der Waals surface area contributed by atoms with Gasteiger partial charge in [-0.3, -0.25) is 4.79 Å². The number of amides is 1. The van der Waals surface area contributed by atoms with Gasteiger partial charge in [0.2, 0.25) is 5.91 Å². The maximum absolute atomic E-state index is 14.1. The first-order chi connectivity index (χ1) is 17.9. The molecule has 1 N–H and O–H groups in total. The molecule has 1 heterocycles. The fourth-order valence-electron chi connectivity index (χ4n) is 5.63. The van der Waals surface area contributed by atoms with Gasteiger partial charge in [0.25, 0.3) is 0 Å². The van der Waals surface area contributed by atoms with Gasteiger partial charge < -0.3 is 19.5 Å². The Bertz CT molecular complexity index is 1020. The number of halogens is 1. The summed E-state index contributed by atoms with van der Waals surface area (Å²) in [5, 5.41) is 11.7. The molecule has 0 radical (unpaired) electrons. The third-order valence-corrected chi connectivity index (χ3v) is 9.25. The summed E-state index contributed by atoms with van der Waals surface area (Å²) < 4.78 is 12.3. The molecule has 2 aromatic carbocycles. The van der Waals surface area contributed by atoms with E-state index in [1.165, 1.54) is 0 Å². The third kappa shape index (κ3) is 7.10. The van der Waals surface area contributed by atoms with E-state index >= 15 is 0 Å². The zero-order valence-electron chi connectivity index (χ0n) is 22.1. The highest BCUT2D eigenvalue weighted by Crippen LogP contribution is 2.40. The molecule has 5 nitrogen and oxygen atoms in total. The van der Waals surface area contributed by atoms with Crippen LogP contribution in [0.3, 0.4) is 0 Å². The van der Waals surface area contributed by atoms with E-state index < -0.39 is 6.10 Å². The van der Waals surface area contributed by atoms with Gasteiger partial charge in [-0.25, -0.2) is 0 Å². The lowest BCUT2D eigenvalue weighted by Gasteiger charge is -2.34. The van der Waals surface area contributed by atoms with E-state index in [4.69, 9.17) is 21.1 Å². The van der Waals surface area contributed by atoms with E-state index in [-0.39, 0.29) is 36.2 Å². The van der Waals surface area contributed by atoms with E-state index in [1.54, 1.807) is 23.7 Å². The molecule has 6 atom stereocenters. The van der Waals surface area contributed by atoms with Crippen LogP contribution in [0.1, 0.15) is 75.0 Å². The van der Waals surface area contributed by atoms with Crippen LogP contribution in [0.5, 0.6) is 0 Å². The van der Waals surface area contributed by atoms with Gasteiger partial charge >= 0.3 is 0 Å². The summed E-state index contributed by atoms with van der Waals surface area (Å²) in [5.74, 6) is -0.110. The second-order valence-corrected chi connectivity index (χ2v) is 11.6. The summed E-state index contributed by atoms with van der Waals surface area (Å²) >= 11 is 8.19. The molecule has 7 heteroatoms. The number of hydrogen-bond donors (Lipinski definition) is 1. The molecule has 0 bridgehead atoms. The lowest BCUT2D eigenvalue weighted by molar-refractivity contribution is -0.195. The van der Waals surface area contributed by atoms with Crippen LogP contribution in [0, 0.1) is 5.92 Å². The Kier molecular flexibility index (Phi) is 10.4. The molecule has 3 unspecified atom stereocenters. The number of carbonyl (C=O) groups is 1. The molecule has 2 aliphatic rings. The number of nitrogens with zero attached hydrogens (tertiary/aromatic N) is 1. The molecular weight excluding hydrogens is 506 g/mol. The first kappa shape index (κ1) is 28.4. The van der Waals surface area contributed by atoms with Crippen molar-refractivity contribution in [1.29, 1.82) is 0 Å². The molecule has 1 aliphatic heterocycles. The quantitative estimate of drug-likeness (QED) is 0.332. The minimum Gasteiger partial charge on any atom is -0.386 e. The van der Waals surface area contributed by atoms with Gasteiger partial charge in [-0.05, 0) is 80.9 Å². The van der Waals surface area contributed by atoms with E-state index in [1.807, 2.05) is 61.7 Å². The number of thioether (sulfide) groups is 1. The van der Waals surface area contributed by atoms with Gasteiger partial charge in [0.15, 0.2) is 6.29 Å². The second kappa shape index (κ2) is 13.5. The minimum absolute atomic E-state index is 0.00462. The molecule has 4 rings (SSSR count). The summed E-state index contributed by atoms with van der Waals surface area (Å²) in [6.45, 7) is 2.66. The Morgan fingerprint density at radius 1 is 1.14 bits per heavy atom. The highest BCUT2D eigenvalue weighted by Gasteiger charge is 2.37. The molecular formula is C30H40ClNO4S. The maximum atomic E-state index is 14.1. The zero-order valence-corrected chi connectivity index (χ0v) is 23.7. The first-order valence-corrected chi connectivity index (χ1v) is 15.1. The average molecular weight is 546 g/mol. The van der Waals surface area contributed by atoms with Crippen LogP contribution >= 0.6 is 23.4 Å². The summed E-state index contributed by atoms with van der Waals surface area (Å²) in [4.78, 5) is 16.8. The van der Waals surface area contributed by atoms with Crippen molar-refractivity contribution in [2.24, 2.45) is 5.92 Å². The van der Waals surface area contributed by atoms with Crippen LogP contribution in [-0.2, 0) is 14.3 Å². The van der Waals surface area contributed by atoms with Crippen LogP contribution in [0.15, 0.2) is 53.4 Å². The van der Waals surface area contributed by atoms with Crippen molar-refractivity contribution < 1.29 is 19.4 Å². The lowest BCUT2D eigenvalue weighted by Crippen LogP contribution is -2.42. The topological polar surface area (TPSA) is 59.0 Å². The van der Waals surface area contributed by atoms with Crippen molar-refractivity contribution in [2.75, 3.05) is 19.9 Å². The number of benzene rings is 2. The van der Waals surface area contributed by atoms with Crippen LogP contribution in [0.4, 0.5) is 0 Å². The van der Waals surface area contributed by atoms with E-state index in [0.29, 0.717) is 11.4 Å². The number of rotatable bonds is 10. The largest absolute Gasteiger partial charge is 0.386 e. The monoisotopic (exact) mass is 545 g/mol. The smallest absolute Gasteiger partial charge is 0.230 e. The van der Waals surface area contributed by atoms with Crippen molar-refractivity contribution in [2.45, 2.75) is 87.2 Å². The second-order valence-electron chi connectivity index (χ2n) is 10.4. The van der Waals surface area contributed by atoms with Gasteiger partial charge in [0.1, 0.15) is 0 Å². The summed E-state index contributed by atoms with van der Waals surface area (Å²) in [7, 11) is 1.79. The summed E-state index contributed by atoms with van der Waals surface area (Å²) in [5.41, 5.74) is 1.72. The zero-order chi connectivity index (χ0) is 26.4. The van der Waals surface area contributed by atoms with Crippen molar-refractivity contribution in [1.82, 2.24) is 4.90 Å². The standard InChI is InChI=1S/C30H40ClNO4S/c1-20(29(33)21-10-5-4-6-11-21)32(2)30(34)24(22-15-16-27(37-3)25(31)19-22)18-23-12-9-13-26(23)36-28-14-7-8-17-35-28/h4-6,10-11,15-16,19-20,23-24,26,28-29,33H,7-9,12-14,17-18H2,1-3H3/t20-,23?,24?,26?,28-,29+/m1/s1. The van der Waals surface area contributed by atoms with Gasteiger partial charge in [0, 0.05) is 18.6 Å². The van der Waals surface area contributed by atoms with Crippen molar-refractivity contribution >= 4 is 29.3 Å². The normalized spacial score (nSPS) is 24.4. The van der Waals surface area contributed by atoms with Crippen LogP contribution < -0.4 is 0 Å². The molecule has 0 aromatic heterocycles. The SMILES string of the molecule is CSc1ccc(C(CC2CCCC2O[C@@H]2CCCCO2)C(=O)N(C)[C@H](C)[C@H](O)c2ccccc2)cc1Cl. The highest BCUT2D eigenvalue weighted by atomic mass is 35.5. The minimum atomic E-state index is -0.774. The summed E-state index contributed by atoms with van der Waals surface area (Å²) in [6.07, 6.45) is 8.16. The van der Waals surface area contributed by atoms with E-state index in [2.05, 4.69) is 0 Å². The fraction of sp³-hybridized carbons (Fsp3) is 0.567. The predicted octanol–water partition coefficient (Wildman–Crippen LogP) is 6.83. The van der Waals surface area contributed by atoms with E-state index in [9.17, 15) is 9.90 Å². The lowest BCUT2D eigenvalue weighted by atomic mass is 9.85. The fourth-order valence-corrected chi connectivity index (χ4v) is 6.51. The number of likely N-dealkylation sites (N-methyl/N-ethyl adjacent to an activating group) is 1. The van der Waals surface area contributed by atoms with Crippen molar-refractivity contribution in [3.05, 3.63) is 64.7 Å². The third-order valence-electron chi connectivity index (χ3n) is 8.03. The van der Waals surface area contributed by atoms with E-state index in [0.717, 1.165) is 61.2 Å². The van der Waals surface area contributed by atoms with Gasteiger partial charge in [-0.1, -0.05) is 54.4 Å². The van der Waals surface area contributed by atoms with Crippen molar-refractivity contribution in [3.8, 4) is 0 Å². The van der Waals surface area contributed by atoms with Crippen molar-refractivity contribution in [3.63, 3.8) is 0 Å². The average Bonchev–Trinajstić information content (AvgIpc) is 3.37. The molecule has 2 fully saturated rings. The Hall–Kier alpha value is -1.57. The Balaban J connectivity index is 1.55. The Morgan fingerprint density at radius 2 is 1.92 bits per heavy atom. The number of aliphatic hydroxyl groups is 1. The predicted molar refractivity (Wildman–Crippen MR) is 150 cm³/mol.